The fraction of sp³-hybridized carbons (Fsp3) is 1.00. The molecule has 0 rings (SSSR count). The zero-order chi connectivity index (χ0) is 16.5. The van der Waals surface area contributed by atoms with Crippen LogP contribution in [0, 0.1) is 0 Å². The highest BCUT2D eigenvalue weighted by Gasteiger charge is 2.45. The Bertz CT molecular complexity index is 200. The molecular weight excluding hydrogens is 296 g/mol. The van der Waals surface area contributed by atoms with Crippen molar-refractivity contribution in [2.45, 2.75) is 85.5 Å². The van der Waals surface area contributed by atoms with Crippen molar-refractivity contribution >= 4 is 9.05 Å². The van der Waals surface area contributed by atoms with E-state index in [0.717, 1.165) is 44.9 Å². The SMILES string of the molecule is CCCCCO[Si](OCCCC)(OCCCC)OCCCC. The summed E-state index contributed by atoms with van der Waals surface area (Å²) in [5, 5.41) is 0. The van der Waals surface area contributed by atoms with Gasteiger partial charge in [-0.2, -0.15) is 0 Å². The van der Waals surface area contributed by atoms with Crippen LogP contribution in [0.15, 0.2) is 0 Å². The molecule has 0 spiro atoms. The standard InChI is InChI=1S/C17H38O4Si/c1-5-9-13-17-21-22(18-14-10-6-2,19-15-11-7-3)20-16-12-8-4/h5-17H2,1-4H3. The highest BCUT2D eigenvalue weighted by Crippen LogP contribution is 2.16. The van der Waals surface area contributed by atoms with Crippen molar-refractivity contribution in [3.8, 4) is 0 Å². The molecule has 0 saturated heterocycles. The average molecular weight is 335 g/mol. The predicted molar refractivity (Wildman–Crippen MR) is 93.8 cm³/mol. The lowest BCUT2D eigenvalue weighted by atomic mass is 10.3. The van der Waals surface area contributed by atoms with Crippen LogP contribution in [0.25, 0.3) is 0 Å². The topological polar surface area (TPSA) is 36.9 Å². The zero-order valence-corrected chi connectivity index (χ0v) is 16.3. The Morgan fingerprint density at radius 1 is 0.455 bits per heavy atom. The Morgan fingerprint density at radius 2 is 0.773 bits per heavy atom. The van der Waals surface area contributed by atoms with E-state index in [1.807, 2.05) is 0 Å². The van der Waals surface area contributed by atoms with E-state index < -0.39 is 9.05 Å². The van der Waals surface area contributed by atoms with Crippen LogP contribution in [0.4, 0.5) is 0 Å². The second-order valence-electron chi connectivity index (χ2n) is 5.66. The molecule has 0 aromatic carbocycles. The summed E-state index contributed by atoms with van der Waals surface area (Å²) in [6.45, 7) is 11.3. The molecule has 4 nitrogen and oxygen atoms in total. The van der Waals surface area contributed by atoms with E-state index in [1.54, 1.807) is 0 Å². The van der Waals surface area contributed by atoms with Crippen LogP contribution in [-0.2, 0) is 17.7 Å². The lowest BCUT2D eigenvalue weighted by molar-refractivity contribution is -0.0369. The molecule has 5 heteroatoms. The van der Waals surface area contributed by atoms with E-state index >= 15 is 0 Å². The van der Waals surface area contributed by atoms with Crippen LogP contribution in [0.3, 0.4) is 0 Å². The van der Waals surface area contributed by atoms with Gasteiger partial charge in [-0.05, 0) is 25.7 Å². The molecule has 0 heterocycles. The first-order valence-corrected chi connectivity index (χ1v) is 10.9. The number of unbranched alkanes of at least 4 members (excludes halogenated alkanes) is 5. The average Bonchev–Trinajstić information content (AvgIpc) is 2.52. The van der Waals surface area contributed by atoms with Gasteiger partial charge in [0.05, 0.1) is 0 Å². The summed E-state index contributed by atoms with van der Waals surface area (Å²) >= 11 is 0. The summed E-state index contributed by atoms with van der Waals surface area (Å²) in [4.78, 5) is 0. The van der Waals surface area contributed by atoms with Gasteiger partial charge in [-0.3, -0.25) is 0 Å². The van der Waals surface area contributed by atoms with Crippen molar-refractivity contribution in [1.29, 1.82) is 0 Å². The second-order valence-corrected chi connectivity index (χ2v) is 7.82. The van der Waals surface area contributed by atoms with Gasteiger partial charge in [0.15, 0.2) is 0 Å². The first kappa shape index (κ1) is 22.1. The molecule has 0 N–H and O–H groups in total. The quantitative estimate of drug-likeness (QED) is 0.274. The molecule has 0 bridgehead atoms. The van der Waals surface area contributed by atoms with E-state index in [0.29, 0.717) is 26.4 Å². The highest BCUT2D eigenvalue weighted by molar-refractivity contribution is 6.53. The fourth-order valence-corrected chi connectivity index (χ4v) is 3.90. The summed E-state index contributed by atoms with van der Waals surface area (Å²) in [7, 11) is -2.96. The number of hydrogen-bond acceptors (Lipinski definition) is 4. The third kappa shape index (κ3) is 11.6. The Balaban J connectivity index is 4.53. The summed E-state index contributed by atoms with van der Waals surface area (Å²) < 4.78 is 24.1. The summed E-state index contributed by atoms with van der Waals surface area (Å²) in [5.74, 6) is 0. The maximum Gasteiger partial charge on any atom is 0.679 e. The van der Waals surface area contributed by atoms with Crippen LogP contribution in [-0.4, -0.2) is 35.5 Å². The van der Waals surface area contributed by atoms with Gasteiger partial charge >= 0.3 is 9.05 Å². The summed E-state index contributed by atoms with van der Waals surface area (Å²) in [5.41, 5.74) is 0. The fourth-order valence-electron chi connectivity index (χ4n) is 1.82. The first-order chi connectivity index (χ1) is 10.7. The molecule has 0 fully saturated rings. The van der Waals surface area contributed by atoms with Crippen molar-refractivity contribution in [2.75, 3.05) is 26.4 Å². The van der Waals surface area contributed by atoms with Crippen LogP contribution in [0.5, 0.6) is 0 Å². The molecule has 0 unspecified atom stereocenters. The minimum Gasteiger partial charge on any atom is -0.351 e. The summed E-state index contributed by atoms with van der Waals surface area (Å²) in [6.07, 6.45) is 9.74. The highest BCUT2D eigenvalue weighted by atomic mass is 28.4. The lowest BCUT2D eigenvalue weighted by Crippen LogP contribution is -2.50. The van der Waals surface area contributed by atoms with E-state index in [-0.39, 0.29) is 0 Å². The van der Waals surface area contributed by atoms with Gasteiger partial charge in [0, 0.05) is 26.4 Å². The Hall–Kier alpha value is 0.0569. The third-order valence-corrected chi connectivity index (χ3v) is 5.59. The van der Waals surface area contributed by atoms with E-state index in [1.165, 1.54) is 12.8 Å². The minimum atomic E-state index is -2.96. The predicted octanol–water partition coefficient (Wildman–Crippen LogP) is 5.08. The second kappa shape index (κ2) is 15.9. The molecule has 0 amide bonds. The van der Waals surface area contributed by atoms with Crippen molar-refractivity contribution < 1.29 is 17.7 Å². The molecule has 0 aliphatic heterocycles. The molecule has 0 aromatic rings. The minimum absolute atomic E-state index is 0.661. The van der Waals surface area contributed by atoms with E-state index in [9.17, 15) is 0 Å². The third-order valence-electron chi connectivity index (χ3n) is 3.36. The van der Waals surface area contributed by atoms with Gasteiger partial charge in [-0.25, -0.2) is 0 Å². The number of hydrogen-bond donors (Lipinski definition) is 0. The smallest absolute Gasteiger partial charge is 0.351 e. The van der Waals surface area contributed by atoms with Crippen LogP contribution in [0.1, 0.15) is 85.5 Å². The van der Waals surface area contributed by atoms with Gasteiger partial charge in [-0.15, -0.1) is 0 Å². The molecule has 0 aromatic heterocycles. The molecule has 0 radical (unpaired) electrons. The molecule has 0 aliphatic carbocycles. The van der Waals surface area contributed by atoms with Crippen molar-refractivity contribution in [1.82, 2.24) is 0 Å². The van der Waals surface area contributed by atoms with Gasteiger partial charge in [0.1, 0.15) is 0 Å². The van der Waals surface area contributed by atoms with Crippen LogP contribution < -0.4 is 0 Å². The molecular formula is C17H38O4Si. The van der Waals surface area contributed by atoms with Gasteiger partial charge in [-0.1, -0.05) is 59.8 Å². The Kier molecular flexibility index (Phi) is 16.0. The maximum atomic E-state index is 6.04. The van der Waals surface area contributed by atoms with Crippen molar-refractivity contribution in [2.24, 2.45) is 0 Å². The normalized spacial score (nSPS) is 12.0. The van der Waals surface area contributed by atoms with Gasteiger partial charge < -0.3 is 17.7 Å². The molecule has 0 saturated carbocycles. The largest absolute Gasteiger partial charge is 0.679 e. The number of rotatable bonds is 17. The van der Waals surface area contributed by atoms with Crippen LogP contribution >= 0.6 is 0 Å². The maximum absolute atomic E-state index is 6.04. The molecule has 0 aliphatic rings. The van der Waals surface area contributed by atoms with E-state index in [4.69, 9.17) is 17.7 Å². The van der Waals surface area contributed by atoms with E-state index in [2.05, 4.69) is 27.7 Å². The van der Waals surface area contributed by atoms with Crippen LogP contribution in [0.2, 0.25) is 0 Å². The Morgan fingerprint density at radius 3 is 1.09 bits per heavy atom. The monoisotopic (exact) mass is 334 g/mol. The van der Waals surface area contributed by atoms with Crippen molar-refractivity contribution in [3.05, 3.63) is 0 Å². The summed E-state index contributed by atoms with van der Waals surface area (Å²) in [6, 6.07) is 0. The Labute approximate surface area is 139 Å². The molecule has 0 atom stereocenters. The molecule has 134 valence electrons. The lowest BCUT2D eigenvalue weighted by Gasteiger charge is -2.28. The first-order valence-electron chi connectivity index (χ1n) is 9.30. The molecule has 22 heavy (non-hydrogen) atoms. The van der Waals surface area contributed by atoms with Crippen molar-refractivity contribution in [3.63, 3.8) is 0 Å². The van der Waals surface area contributed by atoms with Gasteiger partial charge in [0.25, 0.3) is 0 Å². The zero-order valence-electron chi connectivity index (χ0n) is 15.3. The van der Waals surface area contributed by atoms with Gasteiger partial charge in [0.2, 0.25) is 0 Å².